The minimum absolute atomic E-state index is 0.100. The molecule has 2 aromatic rings. The van der Waals surface area contributed by atoms with Crippen LogP contribution in [0.1, 0.15) is 37.3 Å². The summed E-state index contributed by atoms with van der Waals surface area (Å²) in [6, 6.07) is 11.0. The van der Waals surface area contributed by atoms with Crippen LogP contribution in [-0.2, 0) is 31.2 Å². The Hall–Kier alpha value is -3.88. The fourth-order valence-electron chi connectivity index (χ4n) is 7.74. The Balaban J connectivity index is 1.36. The van der Waals surface area contributed by atoms with Gasteiger partial charge in [0.25, 0.3) is 11.6 Å². The second kappa shape index (κ2) is 11.5. The monoisotopic (exact) mass is 640 g/mol. The molecule has 240 valence electrons. The van der Waals surface area contributed by atoms with Crippen molar-refractivity contribution < 1.29 is 38.0 Å². The third kappa shape index (κ3) is 5.18. The van der Waals surface area contributed by atoms with Crippen LogP contribution in [0.4, 0.5) is 26.0 Å². The van der Waals surface area contributed by atoms with Gasteiger partial charge in [-0.25, -0.2) is 4.79 Å². The summed E-state index contributed by atoms with van der Waals surface area (Å²) in [5.74, 6) is -1.46. The largest absolute Gasteiger partial charge is 0.447 e. The first-order valence-corrected chi connectivity index (χ1v) is 18.2. The van der Waals surface area contributed by atoms with Gasteiger partial charge in [-0.15, -0.1) is 0 Å². The molecular weight excluding hydrogens is 603 g/mol. The van der Waals surface area contributed by atoms with Crippen LogP contribution in [0.2, 0.25) is 18.6 Å². The summed E-state index contributed by atoms with van der Waals surface area (Å²) in [4.78, 5) is 56.0. The maximum Gasteiger partial charge on any atom is 0.414 e. The molecule has 5 atom stereocenters. The first kappa shape index (κ1) is 31.1. The summed E-state index contributed by atoms with van der Waals surface area (Å²) in [6.07, 6.45) is -0.0982. The van der Waals surface area contributed by atoms with Crippen molar-refractivity contribution in [1.82, 2.24) is 4.90 Å². The normalized spacial score (nSPS) is 27.9. The number of likely N-dealkylation sites (tertiary alicyclic amines) is 1. The number of hydrogen-bond donors (Lipinski definition) is 1. The van der Waals surface area contributed by atoms with E-state index in [0.29, 0.717) is 43.1 Å². The molecule has 0 aliphatic carbocycles. The van der Waals surface area contributed by atoms with E-state index in [2.05, 4.69) is 0 Å². The number of amides is 3. The SMILES string of the molecule is C[C@H]1[C@H]([Si](C)(C)F)[C@@H](CC(=O)N2CCC[C@H]2CO)O[C@]12C(=O)N(Cc1ccc(N3CCOC3=O)cc1)c1ccc([N+](=O)[O-])cc12. The van der Waals surface area contributed by atoms with Gasteiger partial charge >= 0.3 is 6.09 Å². The van der Waals surface area contributed by atoms with Gasteiger partial charge in [-0.1, -0.05) is 19.1 Å². The summed E-state index contributed by atoms with van der Waals surface area (Å²) < 4.78 is 27.8. The zero-order chi connectivity index (χ0) is 32.3. The number of benzene rings is 2. The van der Waals surface area contributed by atoms with Crippen molar-refractivity contribution in [3.8, 4) is 0 Å². The Kier molecular flexibility index (Phi) is 7.94. The summed E-state index contributed by atoms with van der Waals surface area (Å²) in [7, 11) is -3.58. The van der Waals surface area contributed by atoms with Gasteiger partial charge in [-0.3, -0.25) is 24.6 Å². The van der Waals surface area contributed by atoms with Crippen molar-refractivity contribution in [2.75, 3.05) is 36.1 Å². The highest BCUT2D eigenvalue weighted by Crippen LogP contribution is 2.60. The molecule has 3 fully saturated rings. The molecule has 0 saturated carbocycles. The van der Waals surface area contributed by atoms with Crippen LogP contribution in [0.5, 0.6) is 0 Å². The Bertz CT molecular complexity index is 1530. The molecule has 0 radical (unpaired) electrons. The van der Waals surface area contributed by atoms with E-state index in [1.807, 2.05) is 0 Å². The Morgan fingerprint density at radius 3 is 2.53 bits per heavy atom. The van der Waals surface area contributed by atoms with Crippen molar-refractivity contribution in [3.63, 3.8) is 0 Å². The predicted octanol–water partition coefficient (Wildman–Crippen LogP) is 4.25. The number of rotatable bonds is 8. The van der Waals surface area contributed by atoms with Crippen molar-refractivity contribution in [1.29, 1.82) is 0 Å². The maximum absolute atomic E-state index is 16.2. The number of halogens is 1. The molecular formula is C31H37FN4O8Si. The minimum atomic E-state index is -3.58. The van der Waals surface area contributed by atoms with E-state index in [4.69, 9.17) is 9.47 Å². The van der Waals surface area contributed by atoms with E-state index in [0.717, 1.165) is 12.0 Å². The molecule has 0 aromatic heterocycles. The second-order valence-corrected chi connectivity index (χ2v) is 16.6. The van der Waals surface area contributed by atoms with Gasteiger partial charge in [0.2, 0.25) is 14.3 Å². The Morgan fingerprint density at radius 2 is 1.91 bits per heavy atom. The summed E-state index contributed by atoms with van der Waals surface area (Å²) in [6.45, 7) is 5.96. The average Bonchev–Trinajstić information content (AvgIpc) is 3.76. The van der Waals surface area contributed by atoms with E-state index in [1.54, 1.807) is 36.1 Å². The number of nitrogens with zero attached hydrogens (tertiary/aromatic N) is 4. The lowest BCUT2D eigenvalue weighted by atomic mass is 9.82. The van der Waals surface area contributed by atoms with Gasteiger partial charge in [-0.05, 0) is 49.7 Å². The first-order valence-electron chi connectivity index (χ1n) is 15.3. The van der Waals surface area contributed by atoms with E-state index in [-0.39, 0.29) is 37.2 Å². The van der Waals surface area contributed by atoms with Crippen molar-refractivity contribution in [2.45, 2.75) is 69.1 Å². The number of cyclic esters (lactones) is 1. The number of carbonyl (C=O) groups is 3. The van der Waals surface area contributed by atoms with Gasteiger partial charge in [0.05, 0.1) is 48.9 Å². The summed E-state index contributed by atoms with van der Waals surface area (Å²) in [5.41, 5.74) is -0.607. The van der Waals surface area contributed by atoms with E-state index < -0.39 is 48.5 Å². The standard InChI is InChI=1S/C31H37FN4O8Si/c1-19-28(45(2,3)32)26(16-27(38)33-12-4-5-23(33)18-37)44-31(19)24-15-22(36(41)42)10-11-25(24)35(29(31)39)17-20-6-8-21(9-7-20)34-13-14-43-30(34)40/h6-11,15,19,23,26,28,37H,4-5,12-14,16-18H2,1-3H3/t19-,23-,26+,28-,31+/m0/s1. The van der Waals surface area contributed by atoms with E-state index in [1.165, 1.54) is 41.1 Å². The second-order valence-electron chi connectivity index (χ2n) is 12.8. The van der Waals surface area contributed by atoms with Gasteiger partial charge in [-0.2, -0.15) is 0 Å². The molecule has 4 aliphatic heterocycles. The maximum atomic E-state index is 16.2. The van der Waals surface area contributed by atoms with Crippen LogP contribution >= 0.6 is 0 Å². The number of hydrogen-bond acceptors (Lipinski definition) is 8. The predicted molar refractivity (Wildman–Crippen MR) is 164 cm³/mol. The lowest BCUT2D eigenvalue weighted by Gasteiger charge is -2.31. The zero-order valence-corrected chi connectivity index (χ0v) is 26.5. The van der Waals surface area contributed by atoms with Crippen molar-refractivity contribution in [3.05, 3.63) is 63.7 Å². The smallest absolute Gasteiger partial charge is 0.414 e. The lowest BCUT2D eigenvalue weighted by molar-refractivity contribution is -0.385. The van der Waals surface area contributed by atoms with Gasteiger partial charge in [0.1, 0.15) is 6.61 Å². The van der Waals surface area contributed by atoms with Crippen molar-refractivity contribution >= 4 is 43.4 Å². The fraction of sp³-hybridized carbons (Fsp3) is 0.516. The number of non-ortho nitro benzene ring substituents is 1. The number of fused-ring (bicyclic) bond motifs is 2. The molecule has 0 bridgehead atoms. The molecule has 4 aliphatic rings. The molecule has 1 N–H and O–H groups in total. The minimum Gasteiger partial charge on any atom is -0.447 e. The van der Waals surface area contributed by atoms with Crippen LogP contribution in [0, 0.1) is 16.0 Å². The lowest BCUT2D eigenvalue weighted by Crippen LogP contribution is -2.45. The number of ether oxygens (including phenoxy) is 2. The third-order valence-electron chi connectivity index (χ3n) is 9.79. The molecule has 2 aromatic carbocycles. The highest BCUT2D eigenvalue weighted by atomic mass is 28.4. The molecule has 14 heteroatoms. The van der Waals surface area contributed by atoms with Crippen LogP contribution in [-0.4, -0.2) is 79.7 Å². The van der Waals surface area contributed by atoms with E-state index >= 15 is 4.11 Å². The van der Waals surface area contributed by atoms with Crippen LogP contribution in [0.15, 0.2) is 42.5 Å². The summed E-state index contributed by atoms with van der Waals surface area (Å²) >= 11 is 0. The molecule has 0 unspecified atom stereocenters. The van der Waals surface area contributed by atoms with Gasteiger partial charge in [0, 0.05) is 41.4 Å². The van der Waals surface area contributed by atoms with Crippen LogP contribution in [0.3, 0.4) is 0 Å². The number of nitro groups is 1. The van der Waals surface area contributed by atoms with E-state index in [9.17, 15) is 29.6 Å². The number of anilines is 2. The number of carbonyl (C=O) groups excluding carboxylic acids is 3. The van der Waals surface area contributed by atoms with Gasteiger partial charge < -0.3 is 28.5 Å². The Labute approximate surface area is 261 Å². The number of aliphatic hydroxyl groups excluding tert-OH is 1. The fourth-order valence-corrected chi connectivity index (χ4v) is 10.2. The zero-order valence-electron chi connectivity index (χ0n) is 25.5. The van der Waals surface area contributed by atoms with Crippen molar-refractivity contribution in [2.24, 2.45) is 5.92 Å². The molecule has 4 heterocycles. The quantitative estimate of drug-likeness (QED) is 0.195. The molecule has 45 heavy (non-hydrogen) atoms. The van der Waals surface area contributed by atoms with Crippen LogP contribution in [0.25, 0.3) is 0 Å². The molecule has 3 saturated heterocycles. The molecule has 3 amide bonds. The molecule has 12 nitrogen and oxygen atoms in total. The highest BCUT2D eigenvalue weighted by Gasteiger charge is 2.67. The van der Waals surface area contributed by atoms with Gasteiger partial charge in [0.15, 0.2) is 5.60 Å². The highest BCUT2D eigenvalue weighted by molar-refractivity contribution is 6.72. The summed E-state index contributed by atoms with van der Waals surface area (Å²) in [5, 5.41) is 21.6. The first-order chi connectivity index (χ1) is 21.4. The third-order valence-corrected chi connectivity index (χ3v) is 12.2. The number of aliphatic hydroxyl groups is 1. The molecule has 1 spiro atoms. The number of nitro benzene ring substituents is 1. The average molecular weight is 641 g/mol. The topological polar surface area (TPSA) is 143 Å². The molecule has 6 rings (SSSR count). The van der Waals surface area contributed by atoms with Crippen LogP contribution < -0.4 is 9.80 Å². The Morgan fingerprint density at radius 1 is 1.18 bits per heavy atom.